The third-order valence-corrected chi connectivity index (χ3v) is 3.88. The van der Waals surface area contributed by atoms with E-state index in [9.17, 15) is 10.2 Å². The highest BCUT2D eigenvalue weighted by atomic mass is 16.7. The molecular weight excluding hydrogens is 257 g/mol. The summed E-state index contributed by atoms with van der Waals surface area (Å²) in [6.45, 7) is 7.55. The highest BCUT2D eigenvalue weighted by Gasteiger charge is 2.52. The van der Waals surface area contributed by atoms with Crippen molar-refractivity contribution in [2.45, 2.75) is 38.9 Å². The van der Waals surface area contributed by atoms with Gasteiger partial charge in [-0.3, -0.25) is 4.98 Å². The van der Waals surface area contributed by atoms with E-state index in [2.05, 4.69) is 4.98 Å². The molecule has 0 bridgehead atoms. The Bertz CT molecular complexity index is 512. The van der Waals surface area contributed by atoms with Crippen molar-refractivity contribution >= 4 is 13.2 Å². The summed E-state index contributed by atoms with van der Waals surface area (Å²) < 4.78 is 11.7. The van der Waals surface area contributed by atoms with Crippen LogP contribution in [0.5, 0.6) is 5.75 Å². The molecule has 20 heavy (non-hydrogen) atoms. The number of aromatic nitrogens is 1. The zero-order valence-corrected chi connectivity index (χ0v) is 12.3. The Morgan fingerprint density at radius 1 is 1.30 bits per heavy atom. The molecule has 6 heteroatoms. The molecule has 0 aliphatic carbocycles. The summed E-state index contributed by atoms with van der Waals surface area (Å²) in [4.78, 5) is 4.06. The first-order chi connectivity index (χ1) is 9.27. The first-order valence-corrected chi connectivity index (χ1v) is 6.58. The molecule has 1 fully saturated rings. The lowest BCUT2D eigenvalue weighted by Crippen LogP contribution is -2.41. The number of aliphatic hydroxyl groups excluding tert-OH is 1. The summed E-state index contributed by atoms with van der Waals surface area (Å²) in [5, 5.41) is 19.3. The van der Waals surface area contributed by atoms with E-state index in [4.69, 9.17) is 9.31 Å². The maximum atomic E-state index is 9.73. The second-order valence-corrected chi connectivity index (χ2v) is 5.87. The monoisotopic (exact) mass is 277 g/mol. The molecule has 1 aromatic heterocycles. The van der Waals surface area contributed by atoms with Crippen LogP contribution in [0.2, 0.25) is 0 Å². The smallest absolute Gasteiger partial charge is 0.492 e. The summed E-state index contributed by atoms with van der Waals surface area (Å²) in [5.41, 5.74) is -0.0418. The molecule has 0 saturated carbocycles. The van der Waals surface area contributed by atoms with E-state index in [1.807, 2.05) is 27.7 Å². The van der Waals surface area contributed by atoms with Crippen molar-refractivity contribution < 1.29 is 19.5 Å². The fraction of sp³-hybridized carbons (Fsp3) is 0.500. The van der Waals surface area contributed by atoms with Gasteiger partial charge in [0.05, 0.1) is 17.8 Å². The highest BCUT2D eigenvalue weighted by molar-refractivity contribution is 6.55. The highest BCUT2D eigenvalue weighted by Crippen LogP contribution is 2.38. The van der Waals surface area contributed by atoms with Gasteiger partial charge in [0, 0.05) is 6.20 Å². The second-order valence-electron chi connectivity index (χ2n) is 5.87. The van der Waals surface area contributed by atoms with E-state index in [-0.39, 0.29) is 12.4 Å². The van der Waals surface area contributed by atoms with Crippen LogP contribution in [-0.4, -0.2) is 40.1 Å². The predicted octanol–water partition coefficient (Wildman–Crippen LogP) is 1.79. The normalized spacial score (nSPS) is 21.2. The van der Waals surface area contributed by atoms with Gasteiger partial charge in [-0.15, -0.1) is 0 Å². The Balaban J connectivity index is 2.29. The molecule has 1 aliphatic rings. The largest absolute Gasteiger partial charge is 0.506 e. The zero-order chi connectivity index (χ0) is 15.0. The van der Waals surface area contributed by atoms with Crippen LogP contribution in [0.3, 0.4) is 0 Å². The average Bonchev–Trinajstić information content (AvgIpc) is 2.57. The minimum atomic E-state index is -0.647. The van der Waals surface area contributed by atoms with Crippen LogP contribution in [0.1, 0.15) is 33.4 Å². The number of pyridine rings is 1. The lowest BCUT2D eigenvalue weighted by Gasteiger charge is -2.32. The molecular formula is C14H20BNO4. The maximum Gasteiger partial charge on any atom is 0.492 e. The molecule has 1 aliphatic heterocycles. The van der Waals surface area contributed by atoms with Gasteiger partial charge in [0.15, 0.2) is 0 Å². The molecule has 0 unspecified atom stereocenters. The van der Waals surface area contributed by atoms with Gasteiger partial charge in [-0.05, 0) is 51.4 Å². The van der Waals surface area contributed by atoms with Crippen LogP contribution in [-0.2, 0) is 9.31 Å². The molecule has 0 radical (unpaired) electrons. The molecule has 2 N–H and O–H groups in total. The summed E-state index contributed by atoms with van der Waals surface area (Å²) in [7, 11) is -0.647. The lowest BCUT2D eigenvalue weighted by atomic mass is 9.78. The number of rotatable bonds is 3. The third-order valence-electron chi connectivity index (χ3n) is 3.88. The number of aromatic hydroxyl groups is 1. The van der Waals surface area contributed by atoms with Crippen molar-refractivity contribution in [2.24, 2.45) is 0 Å². The van der Waals surface area contributed by atoms with E-state index in [0.29, 0.717) is 11.2 Å². The van der Waals surface area contributed by atoms with E-state index in [0.717, 1.165) is 0 Å². The molecule has 2 rings (SSSR count). The van der Waals surface area contributed by atoms with E-state index in [1.54, 1.807) is 18.3 Å². The average molecular weight is 277 g/mol. The van der Waals surface area contributed by atoms with Gasteiger partial charge in [0.1, 0.15) is 11.4 Å². The van der Waals surface area contributed by atoms with Crippen molar-refractivity contribution in [3.8, 4) is 5.75 Å². The molecule has 5 nitrogen and oxygen atoms in total. The molecule has 1 aromatic rings. The number of aliphatic hydroxyl groups is 1. The van der Waals surface area contributed by atoms with Gasteiger partial charge < -0.3 is 19.5 Å². The minimum absolute atomic E-state index is 0.0509. The fourth-order valence-electron chi connectivity index (χ4n) is 1.88. The molecule has 0 aromatic carbocycles. The number of nitrogens with zero attached hydrogens (tertiary/aromatic N) is 1. The quantitative estimate of drug-likeness (QED) is 0.824. The van der Waals surface area contributed by atoms with E-state index < -0.39 is 18.3 Å². The van der Waals surface area contributed by atoms with Crippen LogP contribution in [0.4, 0.5) is 0 Å². The Labute approximate surface area is 119 Å². The summed E-state index contributed by atoms with van der Waals surface area (Å²) >= 11 is 0. The van der Waals surface area contributed by atoms with E-state index >= 15 is 0 Å². The Hall–Kier alpha value is -1.37. The van der Waals surface area contributed by atoms with Crippen molar-refractivity contribution in [3.05, 3.63) is 29.5 Å². The molecule has 1 saturated heterocycles. The Kier molecular flexibility index (Phi) is 3.91. The van der Waals surface area contributed by atoms with Crippen molar-refractivity contribution in [2.75, 3.05) is 6.61 Å². The number of hydrogen-bond donors (Lipinski definition) is 2. The SMILES string of the molecule is CC1(C)OB(C(=Cc2ncccc2O)CO)OC1(C)C. The standard InChI is InChI=1S/C14H20BNO4/c1-13(2)14(3,4)20-15(19-13)10(9-17)8-11-12(18)6-5-7-16-11/h5-8,17-18H,9H2,1-4H3. The van der Waals surface area contributed by atoms with Crippen molar-refractivity contribution in [1.29, 1.82) is 0 Å². The molecule has 2 heterocycles. The van der Waals surface area contributed by atoms with Gasteiger partial charge in [-0.25, -0.2) is 0 Å². The molecule has 0 amide bonds. The van der Waals surface area contributed by atoms with Gasteiger partial charge in [0.2, 0.25) is 0 Å². The topological polar surface area (TPSA) is 71.8 Å². The summed E-state index contributed by atoms with van der Waals surface area (Å²) in [6, 6.07) is 3.18. The first kappa shape index (κ1) is 15.0. The Morgan fingerprint density at radius 3 is 2.40 bits per heavy atom. The Morgan fingerprint density at radius 2 is 1.90 bits per heavy atom. The van der Waals surface area contributed by atoms with Crippen LogP contribution in [0.15, 0.2) is 23.8 Å². The molecule has 0 spiro atoms. The maximum absolute atomic E-state index is 9.73. The van der Waals surface area contributed by atoms with Crippen molar-refractivity contribution in [3.63, 3.8) is 0 Å². The second kappa shape index (κ2) is 5.20. The van der Waals surface area contributed by atoms with Crippen molar-refractivity contribution in [1.82, 2.24) is 4.98 Å². The minimum Gasteiger partial charge on any atom is -0.506 e. The van der Waals surface area contributed by atoms with Crippen LogP contribution < -0.4 is 0 Å². The van der Waals surface area contributed by atoms with Gasteiger partial charge in [-0.1, -0.05) is 0 Å². The van der Waals surface area contributed by atoms with Gasteiger partial charge in [0.25, 0.3) is 0 Å². The van der Waals surface area contributed by atoms with Crippen LogP contribution in [0, 0.1) is 0 Å². The van der Waals surface area contributed by atoms with E-state index in [1.165, 1.54) is 6.07 Å². The third kappa shape index (κ3) is 2.72. The van der Waals surface area contributed by atoms with Gasteiger partial charge >= 0.3 is 7.12 Å². The zero-order valence-electron chi connectivity index (χ0n) is 12.3. The summed E-state index contributed by atoms with van der Waals surface area (Å²) in [5.74, 6) is 0.0509. The van der Waals surface area contributed by atoms with Gasteiger partial charge in [-0.2, -0.15) is 0 Å². The number of hydrogen-bond acceptors (Lipinski definition) is 5. The predicted molar refractivity (Wildman–Crippen MR) is 77.0 cm³/mol. The first-order valence-electron chi connectivity index (χ1n) is 6.58. The van der Waals surface area contributed by atoms with Crippen LogP contribution in [0.25, 0.3) is 6.08 Å². The fourth-order valence-corrected chi connectivity index (χ4v) is 1.88. The van der Waals surface area contributed by atoms with Crippen LogP contribution >= 0.6 is 0 Å². The lowest BCUT2D eigenvalue weighted by molar-refractivity contribution is 0.00578. The summed E-state index contributed by atoms with van der Waals surface area (Å²) in [6.07, 6.45) is 3.17. The molecule has 0 atom stereocenters. The molecule has 108 valence electrons.